The van der Waals surface area contributed by atoms with Gasteiger partial charge < -0.3 is 15.0 Å². The number of hydrogen-bond acceptors (Lipinski definition) is 4. The molecule has 2 aromatic carbocycles. The molecule has 1 atom stereocenters. The summed E-state index contributed by atoms with van der Waals surface area (Å²) in [7, 11) is 0. The molecule has 0 aromatic heterocycles. The second kappa shape index (κ2) is 11.0. The first-order valence-electron chi connectivity index (χ1n) is 10.4. The van der Waals surface area contributed by atoms with Crippen LogP contribution < -0.4 is 10.1 Å². The van der Waals surface area contributed by atoms with Crippen LogP contribution in [0.2, 0.25) is 0 Å². The monoisotopic (exact) mass is 449 g/mol. The Bertz CT molecular complexity index is 912. The van der Waals surface area contributed by atoms with E-state index >= 15 is 0 Å². The summed E-state index contributed by atoms with van der Waals surface area (Å²) in [5.74, 6) is -1.64. The number of amides is 2. The number of carbonyl (C=O) groups is 2. The van der Waals surface area contributed by atoms with Crippen molar-refractivity contribution in [3.8, 4) is 5.75 Å². The van der Waals surface area contributed by atoms with Crippen LogP contribution in [0.3, 0.4) is 0 Å². The highest BCUT2D eigenvalue weighted by Gasteiger charge is 2.23. The summed E-state index contributed by atoms with van der Waals surface area (Å²) in [5.41, 5.74) is -0.0460. The highest BCUT2D eigenvalue weighted by Crippen LogP contribution is 2.14. The van der Waals surface area contributed by atoms with Gasteiger partial charge in [0.1, 0.15) is 23.2 Å². The largest absolute Gasteiger partial charge is 0.484 e. The molecule has 3 rings (SSSR count). The topological polar surface area (TPSA) is 61.9 Å². The fourth-order valence-electron chi connectivity index (χ4n) is 3.53. The molecular weight excluding hydrogens is 423 g/mol. The highest BCUT2D eigenvalue weighted by molar-refractivity contribution is 5.79. The standard InChI is InChI=1S/C23H26F3N3O3/c1-16(13-19-20(25)3-2-4-21(19)26)27-22(30)14-28-9-11-29(12-10-28)23(31)15-32-18-7-5-17(24)6-8-18/h2-8,16H,9-15H2,1H3,(H,27,30). The highest BCUT2D eigenvalue weighted by atomic mass is 19.1. The lowest BCUT2D eigenvalue weighted by Crippen LogP contribution is -2.52. The summed E-state index contributed by atoms with van der Waals surface area (Å²) in [4.78, 5) is 28.2. The number of piperazine rings is 1. The maximum absolute atomic E-state index is 13.8. The average molecular weight is 449 g/mol. The van der Waals surface area contributed by atoms with Crippen LogP contribution in [0, 0.1) is 17.5 Å². The first-order chi connectivity index (χ1) is 15.3. The van der Waals surface area contributed by atoms with Gasteiger partial charge in [-0.1, -0.05) is 6.07 Å². The number of halogens is 3. The van der Waals surface area contributed by atoms with Gasteiger partial charge in [-0.05, 0) is 49.7 Å². The number of nitrogens with zero attached hydrogens (tertiary/aromatic N) is 2. The van der Waals surface area contributed by atoms with Crippen molar-refractivity contribution < 1.29 is 27.5 Å². The number of carbonyl (C=O) groups excluding carboxylic acids is 2. The van der Waals surface area contributed by atoms with Crippen LogP contribution in [-0.4, -0.2) is 67.0 Å². The summed E-state index contributed by atoms with van der Waals surface area (Å²) in [6.07, 6.45) is 0.0561. The fraction of sp³-hybridized carbons (Fsp3) is 0.391. The third-order valence-corrected chi connectivity index (χ3v) is 5.25. The van der Waals surface area contributed by atoms with Crippen LogP contribution >= 0.6 is 0 Å². The number of ether oxygens (including phenoxy) is 1. The molecule has 2 aromatic rings. The second-order valence-electron chi connectivity index (χ2n) is 7.77. The number of hydrogen-bond donors (Lipinski definition) is 1. The summed E-state index contributed by atoms with van der Waals surface area (Å²) in [6.45, 7) is 3.64. The molecule has 0 spiro atoms. The third kappa shape index (κ3) is 6.71. The van der Waals surface area contributed by atoms with Crippen molar-refractivity contribution >= 4 is 11.8 Å². The lowest BCUT2D eigenvalue weighted by atomic mass is 10.1. The minimum Gasteiger partial charge on any atom is -0.484 e. The van der Waals surface area contributed by atoms with E-state index in [-0.39, 0.29) is 42.8 Å². The Morgan fingerprint density at radius 1 is 1.00 bits per heavy atom. The van der Waals surface area contributed by atoms with Gasteiger partial charge in [-0.15, -0.1) is 0 Å². The molecule has 1 unspecified atom stereocenters. The van der Waals surface area contributed by atoms with Gasteiger partial charge in [0.15, 0.2) is 6.61 Å². The molecule has 1 heterocycles. The zero-order valence-electron chi connectivity index (χ0n) is 17.8. The van der Waals surface area contributed by atoms with Crippen LogP contribution in [0.1, 0.15) is 12.5 Å². The molecule has 0 saturated carbocycles. The minimum absolute atomic E-state index is 0.0460. The normalized spacial score (nSPS) is 15.3. The van der Waals surface area contributed by atoms with Crippen molar-refractivity contribution in [2.45, 2.75) is 19.4 Å². The van der Waals surface area contributed by atoms with Crippen LogP contribution in [0.25, 0.3) is 0 Å². The maximum atomic E-state index is 13.8. The minimum atomic E-state index is -0.629. The SMILES string of the molecule is CC(Cc1c(F)cccc1F)NC(=O)CN1CCN(C(=O)COc2ccc(F)cc2)CC1. The summed E-state index contributed by atoms with van der Waals surface area (Å²) in [6, 6.07) is 8.70. The Balaban J connectivity index is 1.38. The average Bonchev–Trinajstić information content (AvgIpc) is 2.76. The molecular formula is C23H26F3N3O3. The van der Waals surface area contributed by atoms with Crippen molar-refractivity contribution in [3.05, 3.63) is 65.5 Å². The molecule has 6 nitrogen and oxygen atoms in total. The number of rotatable bonds is 8. The van der Waals surface area contributed by atoms with Gasteiger partial charge in [-0.2, -0.15) is 0 Å². The van der Waals surface area contributed by atoms with E-state index in [1.165, 1.54) is 42.5 Å². The predicted octanol–water partition coefficient (Wildman–Crippen LogP) is 2.37. The Kier molecular flexibility index (Phi) is 8.10. The lowest BCUT2D eigenvalue weighted by Gasteiger charge is -2.34. The molecule has 32 heavy (non-hydrogen) atoms. The van der Waals surface area contributed by atoms with Crippen LogP contribution in [-0.2, 0) is 16.0 Å². The Morgan fingerprint density at radius 2 is 1.62 bits per heavy atom. The van der Waals surface area contributed by atoms with Crippen LogP contribution in [0.15, 0.2) is 42.5 Å². The van der Waals surface area contributed by atoms with Crippen LogP contribution in [0.5, 0.6) is 5.75 Å². The lowest BCUT2D eigenvalue weighted by molar-refractivity contribution is -0.135. The molecule has 0 radical (unpaired) electrons. The molecule has 0 aliphatic carbocycles. The zero-order valence-corrected chi connectivity index (χ0v) is 17.8. The number of nitrogens with one attached hydrogen (secondary N) is 1. The quantitative estimate of drug-likeness (QED) is 0.672. The van der Waals surface area contributed by atoms with E-state index in [9.17, 15) is 22.8 Å². The van der Waals surface area contributed by atoms with Gasteiger partial charge in [-0.3, -0.25) is 14.5 Å². The van der Waals surface area contributed by atoms with E-state index in [4.69, 9.17) is 4.74 Å². The first-order valence-corrected chi connectivity index (χ1v) is 10.4. The smallest absolute Gasteiger partial charge is 0.260 e. The van der Waals surface area contributed by atoms with Gasteiger partial charge >= 0.3 is 0 Å². The van der Waals surface area contributed by atoms with E-state index in [0.29, 0.717) is 31.9 Å². The molecule has 0 bridgehead atoms. The van der Waals surface area contributed by atoms with Crippen molar-refractivity contribution in [2.75, 3.05) is 39.3 Å². The molecule has 1 aliphatic heterocycles. The molecule has 1 N–H and O–H groups in total. The van der Waals surface area contributed by atoms with E-state index in [1.807, 2.05) is 4.90 Å². The molecule has 1 aliphatic rings. The van der Waals surface area contributed by atoms with Gasteiger partial charge in [0.05, 0.1) is 6.54 Å². The molecule has 1 saturated heterocycles. The summed E-state index contributed by atoms with van der Waals surface area (Å²) in [5, 5.41) is 2.77. The van der Waals surface area contributed by atoms with Gasteiger partial charge in [0, 0.05) is 37.8 Å². The van der Waals surface area contributed by atoms with E-state index in [1.54, 1.807) is 11.8 Å². The van der Waals surface area contributed by atoms with Crippen molar-refractivity contribution in [3.63, 3.8) is 0 Å². The van der Waals surface area contributed by atoms with Crippen molar-refractivity contribution in [2.24, 2.45) is 0 Å². The van der Waals surface area contributed by atoms with E-state index in [2.05, 4.69) is 5.32 Å². The van der Waals surface area contributed by atoms with Gasteiger partial charge in [0.2, 0.25) is 5.91 Å². The van der Waals surface area contributed by atoms with Crippen LogP contribution in [0.4, 0.5) is 13.2 Å². The molecule has 9 heteroatoms. The van der Waals surface area contributed by atoms with E-state index in [0.717, 1.165) is 0 Å². The van der Waals surface area contributed by atoms with Crippen molar-refractivity contribution in [1.29, 1.82) is 0 Å². The molecule has 2 amide bonds. The van der Waals surface area contributed by atoms with Crippen molar-refractivity contribution in [1.82, 2.24) is 15.1 Å². The van der Waals surface area contributed by atoms with E-state index < -0.39 is 17.7 Å². The number of benzene rings is 2. The Labute approximate surface area is 184 Å². The zero-order chi connectivity index (χ0) is 23.1. The molecule has 172 valence electrons. The molecule has 1 fully saturated rings. The van der Waals surface area contributed by atoms with Gasteiger partial charge in [-0.25, -0.2) is 13.2 Å². The predicted molar refractivity (Wildman–Crippen MR) is 113 cm³/mol. The maximum Gasteiger partial charge on any atom is 0.260 e. The Hall–Kier alpha value is -3.07. The fourth-order valence-corrected chi connectivity index (χ4v) is 3.53. The Morgan fingerprint density at radius 3 is 2.25 bits per heavy atom. The third-order valence-electron chi connectivity index (χ3n) is 5.25. The van der Waals surface area contributed by atoms with Gasteiger partial charge in [0.25, 0.3) is 5.91 Å². The first kappa shape index (κ1) is 23.6. The summed E-state index contributed by atoms with van der Waals surface area (Å²) < 4.78 is 45.8. The second-order valence-corrected chi connectivity index (χ2v) is 7.77. The summed E-state index contributed by atoms with van der Waals surface area (Å²) >= 11 is 0.